The molecule has 0 saturated carbocycles. The summed E-state index contributed by atoms with van der Waals surface area (Å²) in [5.41, 5.74) is 77.3. The summed E-state index contributed by atoms with van der Waals surface area (Å²) in [6.45, 7) is 20.2. The third kappa shape index (κ3) is 14.2. The van der Waals surface area contributed by atoms with Gasteiger partial charge in [0, 0.05) is 53.6 Å². The highest BCUT2D eigenvalue weighted by Gasteiger charge is 2.34. The van der Waals surface area contributed by atoms with Gasteiger partial charge in [-0.3, -0.25) is 0 Å². The number of aryl methyl sites for hydroxylation is 1. The molecule has 0 spiro atoms. The van der Waals surface area contributed by atoms with Crippen LogP contribution in [0.15, 0.2) is 137 Å². The number of nitrogens with zero attached hydrogens (tertiary/aromatic N) is 23. The van der Waals surface area contributed by atoms with Crippen molar-refractivity contribution in [3.05, 3.63) is 121 Å². The number of rotatable bonds is 10. The highest BCUT2D eigenvalue weighted by molar-refractivity contribution is 6.08. The van der Waals surface area contributed by atoms with Crippen LogP contribution >= 0.6 is 0 Å². The molecule has 21 rings (SSSR count). The molecule has 19 aromatic rings. The van der Waals surface area contributed by atoms with E-state index in [9.17, 15) is 0 Å². The first-order chi connectivity index (χ1) is 57.3. The summed E-state index contributed by atoms with van der Waals surface area (Å²) < 4.78 is 41.6. The van der Waals surface area contributed by atoms with Crippen molar-refractivity contribution < 1.29 is 31.5 Å². The Morgan fingerprint density at radius 2 is 0.756 bits per heavy atom. The molecule has 22 N–H and O–H groups in total. The van der Waals surface area contributed by atoms with Crippen LogP contribution in [0.3, 0.4) is 0 Å². The number of amidine groups is 1. The number of aliphatic imine (C=N–C) groups is 1. The molecule has 1 fully saturated rings. The number of nitrogens with one attached hydrogen (secondary N) is 2. The minimum Gasteiger partial charge on any atom is -0.424 e. The molecule has 16 heterocycles. The lowest BCUT2D eigenvalue weighted by Crippen LogP contribution is -2.40. The van der Waals surface area contributed by atoms with Crippen LogP contribution in [0.2, 0.25) is 0 Å². The minimum atomic E-state index is 0.137. The van der Waals surface area contributed by atoms with E-state index in [1.807, 2.05) is 158 Å². The summed E-state index contributed by atoms with van der Waals surface area (Å²) >= 11 is 0. The highest BCUT2D eigenvalue weighted by Crippen LogP contribution is 2.40. The van der Waals surface area contributed by atoms with Crippen molar-refractivity contribution >= 4 is 165 Å². The van der Waals surface area contributed by atoms with Crippen molar-refractivity contribution in [3.8, 4) is 56.3 Å². The van der Waals surface area contributed by atoms with Crippen LogP contribution in [-0.2, 0) is 4.74 Å². The van der Waals surface area contributed by atoms with Gasteiger partial charge in [0.2, 0.25) is 0 Å². The summed E-state index contributed by atoms with van der Waals surface area (Å²) in [4.78, 5) is 59.4. The van der Waals surface area contributed by atoms with E-state index in [1.54, 1.807) is 0 Å². The maximum absolute atomic E-state index is 6.17. The van der Waals surface area contributed by atoms with Crippen LogP contribution in [0.1, 0.15) is 110 Å². The van der Waals surface area contributed by atoms with Gasteiger partial charge in [-0.05, 0) is 166 Å². The standard InChI is InChI=1S/C17H17N7O2.C16H17N7O.C15H17N7O.2C15H15N7O/c18-15-13-14(9-1-2-12-11(7-9)22-17(19)26-12)23-24(16(13)21-8-20-15)10-3-5-25-6-4-10;1-7(2)23-15-12(14(17)19-8(3)20-15)13(22-23)9-4-5-11-10(6-9)21-16(18)24-11;1-7(2)22-12(11-13(16)18-6-19-14(11)21-22)8-3-4-10-9(5-8)20-15(17)23-10;2*1-7(2)22-14-11(13(16)18-6-19-14)12(21-22)8-3-4-10-9(5-8)20-15(17)23-10/h1-2,7-8,10H,3-6H2,(H2,19,22)(H2,18,20,21);4-7H,1-3H3,(H2,18,21)(H2,17,19,20);3-5,7H,6H2,1-2H3,(H5,16,17,18,19,20,21);2*3-7H,1-2H3,(H2,17,20)(H2,16,18,19)/p+1. The zero-order valence-corrected chi connectivity index (χ0v) is 65.8. The summed E-state index contributed by atoms with van der Waals surface area (Å²) in [6, 6.07) is 29.7. The maximum atomic E-state index is 6.17. The van der Waals surface area contributed by atoms with E-state index in [0.29, 0.717) is 122 Å². The normalized spacial score (nSPS) is 13.1. The van der Waals surface area contributed by atoms with E-state index in [2.05, 4.69) is 109 Å². The molecule has 0 radical (unpaired) electrons. The Morgan fingerprint density at radius 3 is 1.15 bits per heavy atom. The van der Waals surface area contributed by atoms with Crippen molar-refractivity contribution in [2.45, 2.75) is 105 Å². The van der Waals surface area contributed by atoms with Gasteiger partial charge >= 0.3 is 0 Å². The molecule has 604 valence electrons. The number of aromatic nitrogens is 23. The van der Waals surface area contributed by atoms with Crippen LogP contribution in [0.5, 0.6) is 0 Å². The first kappa shape index (κ1) is 75.9. The largest absolute Gasteiger partial charge is 0.424 e. The Morgan fingerprint density at radius 1 is 0.403 bits per heavy atom. The van der Waals surface area contributed by atoms with Gasteiger partial charge in [-0.25, -0.2) is 63.6 Å². The number of benzene rings is 5. The van der Waals surface area contributed by atoms with Gasteiger partial charge in [-0.15, -0.1) is 9.78 Å². The van der Waals surface area contributed by atoms with Gasteiger partial charge in [0.15, 0.2) is 62.4 Å². The molecule has 119 heavy (non-hydrogen) atoms. The Kier molecular flexibility index (Phi) is 19.3. The third-order valence-electron chi connectivity index (χ3n) is 19.9. The fourth-order valence-corrected chi connectivity index (χ4v) is 14.5. The van der Waals surface area contributed by atoms with Crippen LogP contribution in [0.4, 0.5) is 59.2 Å². The Hall–Kier alpha value is -15.7. The Labute approximate surface area is 672 Å². The number of aromatic amines is 1. The molecule has 2 aliphatic rings. The zero-order valence-electron chi connectivity index (χ0n) is 65.8. The van der Waals surface area contributed by atoms with Crippen LogP contribution < -0.4 is 67.3 Å². The Balaban J connectivity index is 0.000000106. The van der Waals surface area contributed by atoms with Gasteiger partial charge in [0.05, 0.1) is 33.2 Å². The van der Waals surface area contributed by atoms with Crippen LogP contribution in [-0.4, -0.2) is 135 Å². The molecular weight excluding hydrogens is 1520 g/mol. The molecule has 0 aliphatic carbocycles. The average Bonchev–Trinajstić information content (AvgIpc) is 1.63. The number of nitrogens with two attached hydrogens (primary N) is 10. The molecule has 41 nitrogen and oxygen atoms in total. The molecule has 0 amide bonds. The number of nitrogen functional groups attached to an aromatic ring is 9. The molecule has 5 aromatic carbocycles. The van der Waals surface area contributed by atoms with E-state index in [1.165, 1.54) is 19.0 Å². The molecule has 41 heteroatoms. The third-order valence-corrected chi connectivity index (χ3v) is 19.9. The van der Waals surface area contributed by atoms with Gasteiger partial charge in [-0.2, -0.15) is 45.3 Å². The van der Waals surface area contributed by atoms with Crippen LogP contribution in [0, 0.1) is 6.92 Å². The first-order valence-electron chi connectivity index (χ1n) is 37.9. The molecule has 0 bridgehead atoms. The quantitative estimate of drug-likeness (QED) is 0.0566. The lowest BCUT2D eigenvalue weighted by molar-refractivity contribution is -0.757. The summed E-state index contributed by atoms with van der Waals surface area (Å²) in [5.74, 6) is 3.63. The minimum absolute atomic E-state index is 0.137. The van der Waals surface area contributed by atoms with Crippen molar-refractivity contribution in [2.75, 3.05) is 76.8 Å². The average molecular weight is 1610 g/mol. The Bertz CT molecular complexity index is 6970. The SMILES string of the molecule is CC(C)[n+]1[nH]c2c(c1-c1ccc3oc(N)nc3c1)C(N)=NCN2.CC(C)n1nc(-c2ccc3oc(N)nc3c2)c2c(N)ncnc21.CC(C)n1nc(-c2ccc3oc(N)nc3c2)c2c(N)ncnc21.Cc1nc(N)c2c(-c3ccc4oc(N)nc4c3)nn(C(C)C)c2n1.Nc1nc2cc(-c3nn(C4CCOCC4)c4ncnc(N)c34)ccc2o1. The van der Waals surface area contributed by atoms with Gasteiger partial charge in [0.1, 0.15) is 117 Å². The summed E-state index contributed by atoms with van der Waals surface area (Å²) in [5, 5.41) is 28.5. The molecule has 1 saturated heterocycles. The fraction of sp³-hybridized carbons (Fsp3) is 0.244. The smallest absolute Gasteiger partial charge is 0.292 e. The lowest BCUT2D eigenvalue weighted by atomic mass is 10.0. The van der Waals surface area contributed by atoms with Gasteiger partial charge in [0.25, 0.3) is 35.8 Å². The fourth-order valence-electron chi connectivity index (χ4n) is 14.5. The number of oxazole rings is 5. The number of hydrogen-bond acceptors (Lipinski definition) is 35. The predicted molar refractivity (Wildman–Crippen MR) is 452 cm³/mol. The molecule has 0 unspecified atom stereocenters. The maximum Gasteiger partial charge on any atom is 0.292 e. The predicted octanol–water partition coefficient (Wildman–Crippen LogP) is 11.0. The van der Waals surface area contributed by atoms with Crippen molar-refractivity contribution in [1.82, 2.24) is 109 Å². The van der Waals surface area contributed by atoms with Crippen molar-refractivity contribution in [1.29, 1.82) is 0 Å². The van der Waals surface area contributed by atoms with E-state index >= 15 is 0 Å². The highest BCUT2D eigenvalue weighted by atomic mass is 16.5. The van der Waals surface area contributed by atoms with Crippen molar-refractivity contribution in [3.63, 3.8) is 0 Å². The monoisotopic (exact) mass is 1600 g/mol. The summed E-state index contributed by atoms with van der Waals surface area (Å²) in [6.07, 6.45) is 6.14. The molecule has 14 aromatic heterocycles. The second-order valence-electron chi connectivity index (χ2n) is 29.3. The number of hydrogen-bond donors (Lipinski definition) is 12. The van der Waals surface area contributed by atoms with E-state index in [-0.39, 0.29) is 60.3 Å². The van der Waals surface area contributed by atoms with E-state index in [0.717, 1.165) is 113 Å². The van der Waals surface area contributed by atoms with Crippen LogP contribution in [0.25, 0.3) is 156 Å². The number of H-pyrrole nitrogens is 1. The van der Waals surface area contributed by atoms with Gasteiger partial charge in [-0.1, -0.05) is 0 Å². The lowest BCUT2D eigenvalue weighted by Gasteiger charge is -2.22. The van der Waals surface area contributed by atoms with Gasteiger partial charge < -0.3 is 89.5 Å². The van der Waals surface area contributed by atoms with E-state index < -0.39 is 0 Å². The zero-order chi connectivity index (χ0) is 83.1. The first-order valence-corrected chi connectivity index (χ1v) is 37.9. The topological polar surface area (TPSA) is 618 Å². The number of ether oxygens (including phenoxy) is 1. The second kappa shape index (κ2) is 30.2. The second-order valence-corrected chi connectivity index (χ2v) is 29.3. The molecular formula is C78H82N35O6+. The van der Waals surface area contributed by atoms with E-state index in [4.69, 9.17) is 94.4 Å². The number of anilines is 10. The molecule has 0 atom stereocenters. The summed E-state index contributed by atoms with van der Waals surface area (Å²) in [7, 11) is 0. The van der Waals surface area contributed by atoms with Crippen molar-refractivity contribution in [2.24, 2.45) is 10.7 Å². The molecule has 2 aliphatic heterocycles. The number of fused-ring (bicyclic) bond motifs is 10.